The standard InChI is InChI=1S/C13H17FN2O3.ClH/c1-18-10-5-3-4-8(12(10)14)13(17)16-9-6-15-7-11(9)19-2;/h3-5,9,11,15H,6-7H2,1-2H3,(H,16,17);1H/t9?,11-;/m0./s1. The second-order valence-corrected chi connectivity index (χ2v) is 4.33. The van der Waals surface area contributed by atoms with Gasteiger partial charge in [0.15, 0.2) is 11.6 Å². The fourth-order valence-corrected chi connectivity index (χ4v) is 2.14. The van der Waals surface area contributed by atoms with Gasteiger partial charge in [0, 0.05) is 20.2 Å². The number of carbonyl (C=O) groups excluding carboxylic acids is 1. The van der Waals surface area contributed by atoms with Crippen molar-refractivity contribution in [1.29, 1.82) is 0 Å². The predicted molar refractivity (Wildman–Crippen MR) is 75.1 cm³/mol. The van der Waals surface area contributed by atoms with Gasteiger partial charge < -0.3 is 20.1 Å². The van der Waals surface area contributed by atoms with Gasteiger partial charge in [0.1, 0.15) is 0 Å². The summed E-state index contributed by atoms with van der Waals surface area (Å²) in [6.45, 7) is 1.28. The van der Waals surface area contributed by atoms with E-state index in [0.29, 0.717) is 13.1 Å². The molecule has 0 saturated carbocycles. The largest absolute Gasteiger partial charge is 0.494 e. The highest BCUT2D eigenvalue weighted by Gasteiger charge is 2.29. The third kappa shape index (κ3) is 3.39. The average Bonchev–Trinajstić information content (AvgIpc) is 2.86. The van der Waals surface area contributed by atoms with Crippen LogP contribution in [0.1, 0.15) is 10.4 Å². The molecule has 1 heterocycles. The maximum atomic E-state index is 13.9. The predicted octanol–water partition coefficient (Wildman–Crippen LogP) is 0.973. The summed E-state index contributed by atoms with van der Waals surface area (Å²) in [5.41, 5.74) is -0.0268. The van der Waals surface area contributed by atoms with E-state index in [2.05, 4.69) is 10.6 Å². The number of rotatable bonds is 4. The number of halogens is 2. The van der Waals surface area contributed by atoms with E-state index in [1.807, 2.05) is 0 Å². The Morgan fingerprint density at radius 3 is 2.80 bits per heavy atom. The van der Waals surface area contributed by atoms with Crippen LogP contribution in [0.4, 0.5) is 4.39 Å². The topological polar surface area (TPSA) is 59.6 Å². The normalized spacial score (nSPS) is 21.1. The Morgan fingerprint density at radius 1 is 1.40 bits per heavy atom. The van der Waals surface area contributed by atoms with Crippen LogP contribution in [0.2, 0.25) is 0 Å². The lowest BCUT2D eigenvalue weighted by atomic mass is 10.1. The maximum absolute atomic E-state index is 13.9. The first-order valence-corrected chi connectivity index (χ1v) is 6.04. The van der Waals surface area contributed by atoms with Crippen molar-refractivity contribution in [2.75, 3.05) is 27.3 Å². The monoisotopic (exact) mass is 304 g/mol. The van der Waals surface area contributed by atoms with E-state index in [-0.39, 0.29) is 35.9 Å². The summed E-state index contributed by atoms with van der Waals surface area (Å²) in [6.07, 6.45) is -0.0994. The number of benzene rings is 1. The molecular weight excluding hydrogens is 287 g/mol. The first-order valence-electron chi connectivity index (χ1n) is 6.04. The number of methoxy groups -OCH3 is 2. The molecule has 5 nitrogen and oxygen atoms in total. The Morgan fingerprint density at radius 2 is 2.15 bits per heavy atom. The third-order valence-corrected chi connectivity index (χ3v) is 3.21. The summed E-state index contributed by atoms with van der Waals surface area (Å²) in [6, 6.07) is 4.32. The quantitative estimate of drug-likeness (QED) is 0.870. The van der Waals surface area contributed by atoms with E-state index < -0.39 is 11.7 Å². The second kappa shape index (κ2) is 7.42. The average molecular weight is 305 g/mol. The summed E-state index contributed by atoms with van der Waals surface area (Å²) in [5.74, 6) is -1.06. The molecule has 1 amide bonds. The lowest BCUT2D eigenvalue weighted by Gasteiger charge is -2.18. The van der Waals surface area contributed by atoms with Crippen molar-refractivity contribution in [2.24, 2.45) is 0 Å². The van der Waals surface area contributed by atoms with Gasteiger partial charge in [-0.25, -0.2) is 4.39 Å². The van der Waals surface area contributed by atoms with E-state index in [1.165, 1.54) is 19.2 Å². The summed E-state index contributed by atoms with van der Waals surface area (Å²) in [4.78, 5) is 12.1. The summed E-state index contributed by atoms with van der Waals surface area (Å²) >= 11 is 0. The van der Waals surface area contributed by atoms with E-state index >= 15 is 0 Å². The third-order valence-electron chi connectivity index (χ3n) is 3.21. The van der Waals surface area contributed by atoms with Gasteiger partial charge in [-0.3, -0.25) is 4.79 Å². The Balaban J connectivity index is 0.00000200. The molecule has 0 bridgehead atoms. The fraction of sp³-hybridized carbons (Fsp3) is 0.462. The van der Waals surface area contributed by atoms with Crippen LogP contribution < -0.4 is 15.4 Å². The van der Waals surface area contributed by atoms with Crippen LogP contribution >= 0.6 is 12.4 Å². The first kappa shape index (κ1) is 16.7. The van der Waals surface area contributed by atoms with Crippen LogP contribution in [0.15, 0.2) is 18.2 Å². The fourth-order valence-electron chi connectivity index (χ4n) is 2.14. The number of nitrogens with one attached hydrogen (secondary N) is 2. The van der Waals surface area contributed by atoms with E-state index in [1.54, 1.807) is 13.2 Å². The molecule has 1 fully saturated rings. The summed E-state index contributed by atoms with van der Waals surface area (Å²) in [5, 5.41) is 5.88. The van der Waals surface area contributed by atoms with Crippen molar-refractivity contribution in [3.63, 3.8) is 0 Å². The highest BCUT2D eigenvalue weighted by atomic mass is 35.5. The number of hydrogen-bond acceptors (Lipinski definition) is 4. The van der Waals surface area contributed by atoms with Gasteiger partial charge in [-0.1, -0.05) is 6.07 Å². The van der Waals surface area contributed by atoms with Crippen molar-refractivity contribution in [3.8, 4) is 5.75 Å². The zero-order chi connectivity index (χ0) is 13.8. The van der Waals surface area contributed by atoms with Gasteiger partial charge in [-0.05, 0) is 12.1 Å². The molecule has 7 heteroatoms. The number of ether oxygens (including phenoxy) is 2. The molecule has 0 aromatic heterocycles. The lowest BCUT2D eigenvalue weighted by molar-refractivity contribution is 0.0776. The Bertz CT molecular complexity index is 473. The van der Waals surface area contributed by atoms with Gasteiger partial charge >= 0.3 is 0 Å². The zero-order valence-corrected chi connectivity index (χ0v) is 12.1. The molecule has 1 aromatic rings. The molecule has 0 spiro atoms. The van der Waals surface area contributed by atoms with Crippen molar-refractivity contribution in [1.82, 2.24) is 10.6 Å². The number of carbonyl (C=O) groups is 1. The molecule has 1 aliphatic rings. The van der Waals surface area contributed by atoms with E-state index in [0.717, 1.165) is 0 Å². The van der Waals surface area contributed by atoms with Gasteiger partial charge in [0.05, 0.1) is 24.8 Å². The van der Waals surface area contributed by atoms with Crippen LogP contribution in [0, 0.1) is 5.82 Å². The van der Waals surface area contributed by atoms with Crippen LogP contribution in [0.25, 0.3) is 0 Å². The lowest BCUT2D eigenvalue weighted by Crippen LogP contribution is -2.43. The summed E-state index contributed by atoms with van der Waals surface area (Å²) in [7, 11) is 2.95. The van der Waals surface area contributed by atoms with E-state index in [9.17, 15) is 9.18 Å². The molecular formula is C13H18ClFN2O3. The molecule has 20 heavy (non-hydrogen) atoms. The van der Waals surface area contributed by atoms with Gasteiger partial charge in [0.2, 0.25) is 0 Å². The minimum Gasteiger partial charge on any atom is -0.494 e. The highest BCUT2D eigenvalue weighted by molar-refractivity contribution is 5.95. The van der Waals surface area contributed by atoms with Gasteiger partial charge in [-0.15, -0.1) is 12.4 Å². The molecule has 0 aliphatic carbocycles. The van der Waals surface area contributed by atoms with Crippen molar-refractivity contribution in [2.45, 2.75) is 12.1 Å². The second-order valence-electron chi connectivity index (χ2n) is 4.33. The molecule has 1 saturated heterocycles. The zero-order valence-electron chi connectivity index (χ0n) is 11.3. The molecule has 1 aliphatic heterocycles. The van der Waals surface area contributed by atoms with Crippen LogP contribution in [-0.2, 0) is 4.74 Å². The molecule has 112 valence electrons. The maximum Gasteiger partial charge on any atom is 0.254 e. The Hall–Kier alpha value is -1.37. The van der Waals surface area contributed by atoms with Crippen molar-refractivity contribution < 1.29 is 18.7 Å². The van der Waals surface area contributed by atoms with Crippen LogP contribution in [-0.4, -0.2) is 45.4 Å². The highest BCUT2D eigenvalue weighted by Crippen LogP contribution is 2.20. The smallest absolute Gasteiger partial charge is 0.254 e. The molecule has 1 aromatic carbocycles. The first-order chi connectivity index (χ1) is 9.17. The van der Waals surface area contributed by atoms with Crippen molar-refractivity contribution in [3.05, 3.63) is 29.6 Å². The number of hydrogen-bond donors (Lipinski definition) is 2. The number of amides is 1. The molecule has 0 radical (unpaired) electrons. The van der Waals surface area contributed by atoms with Gasteiger partial charge in [0.25, 0.3) is 5.91 Å². The molecule has 2 rings (SSSR count). The molecule has 2 N–H and O–H groups in total. The van der Waals surface area contributed by atoms with Crippen LogP contribution in [0.3, 0.4) is 0 Å². The SMILES string of the molecule is COc1cccc(C(=O)NC2CNC[C@@H]2OC)c1F.Cl. The Kier molecular flexibility index (Phi) is 6.19. The molecule has 2 atom stereocenters. The minimum absolute atomic E-state index is 0. The van der Waals surface area contributed by atoms with E-state index in [4.69, 9.17) is 9.47 Å². The summed E-state index contributed by atoms with van der Waals surface area (Å²) < 4.78 is 24.0. The molecule has 1 unspecified atom stereocenters. The van der Waals surface area contributed by atoms with Crippen molar-refractivity contribution >= 4 is 18.3 Å². The van der Waals surface area contributed by atoms with Gasteiger partial charge in [-0.2, -0.15) is 0 Å². The minimum atomic E-state index is -0.651. The Labute approximate surface area is 123 Å². The van der Waals surface area contributed by atoms with Crippen LogP contribution in [0.5, 0.6) is 5.75 Å².